The van der Waals surface area contributed by atoms with Crippen molar-refractivity contribution < 1.29 is 4.74 Å². The second-order valence-electron chi connectivity index (χ2n) is 5.01. The Kier molecular flexibility index (Phi) is 3.91. The Hall–Kier alpha value is -1.18. The third-order valence-corrected chi connectivity index (χ3v) is 4.45. The van der Waals surface area contributed by atoms with Crippen LogP contribution in [0.2, 0.25) is 0 Å². The summed E-state index contributed by atoms with van der Waals surface area (Å²) in [4.78, 5) is 0. The number of nitrogens with zero attached hydrogens (tertiary/aromatic N) is 4. The molecule has 0 aliphatic carbocycles. The van der Waals surface area contributed by atoms with Crippen molar-refractivity contribution in [3.05, 3.63) is 34.3 Å². The summed E-state index contributed by atoms with van der Waals surface area (Å²) in [5.74, 6) is 0. The Balaban J connectivity index is 1.69. The molecule has 1 saturated heterocycles. The highest BCUT2D eigenvalue weighted by Gasteiger charge is 2.31. The molecule has 0 amide bonds. The molecule has 1 aliphatic heterocycles. The Labute approximate surface area is 126 Å². The van der Waals surface area contributed by atoms with Crippen LogP contribution in [0.3, 0.4) is 0 Å². The van der Waals surface area contributed by atoms with Gasteiger partial charge in [0.25, 0.3) is 0 Å². The number of nitrogens with one attached hydrogen (secondary N) is 1. The monoisotopic (exact) mass is 339 g/mol. The minimum absolute atomic E-state index is 0.0644. The largest absolute Gasteiger partial charge is 0.370 e. The van der Waals surface area contributed by atoms with Crippen LogP contribution < -0.4 is 5.32 Å². The molecule has 0 saturated carbocycles. The molecule has 0 spiro atoms. The Bertz CT molecular complexity index is 574. The molecule has 6 nitrogen and oxygen atoms in total. The summed E-state index contributed by atoms with van der Waals surface area (Å²) in [6.45, 7) is 1.54. The van der Waals surface area contributed by atoms with Crippen LogP contribution in [0.15, 0.2) is 22.9 Å². The van der Waals surface area contributed by atoms with Gasteiger partial charge >= 0.3 is 0 Å². The molecule has 108 valence electrons. The average molecular weight is 340 g/mol. The lowest BCUT2D eigenvalue weighted by Crippen LogP contribution is -2.32. The van der Waals surface area contributed by atoms with Gasteiger partial charge in [-0.3, -0.25) is 9.36 Å². The van der Waals surface area contributed by atoms with Gasteiger partial charge in [-0.1, -0.05) is 0 Å². The van der Waals surface area contributed by atoms with Crippen molar-refractivity contribution in [2.24, 2.45) is 14.1 Å². The first kappa shape index (κ1) is 13.8. The first-order chi connectivity index (χ1) is 9.66. The summed E-state index contributed by atoms with van der Waals surface area (Å²) >= 11 is 3.52. The van der Waals surface area contributed by atoms with Crippen molar-refractivity contribution in [2.75, 3.05) is 6.61 Å². The van der Waals surface area contributed by atoms with E-state index < -0.39 is 0 Å². The van der Waals surface area contributed by atoms with E-state index in [-0.39, 0.29) is 6.10 Å². The van der Waals surface area contributed by atoms with Gasteiger partial charge < -0.3 is 10.1 Å². The maximum absolute atomic E-state index is 5.86. The lowest BCUT2D eigenvalue weighted by molar-refractivity contribution is 0.0918. The summed E-state index contributed by atoms with van der Waals surface area (Å²) < 4.78 is 10.7. The number of aryl methyl sites for hydroxylation is 2. The van der Waals surface area contributed by atoms with Gasteiger partial charge in [-0.05, 0) is 28.4 Å². The van der Waals surface area contributed by atoms with Crippen LogP contribution in [-0.4, -0.2) is 32.2 Å². The Morgan fingerprint density at radius 1 is 1.40 bits per heavy atom. The van der Waals surface area contributed by atoms with Crippen LogP contribution in [0, 0.1) is 0 Å². The van der Waals surface area contributed by atoms with Gasteiger partial charge in [-0.25, -0.2) is 0 Å². The van der Waals surface area contributed by atoms with Crippen LogP contribution in [0.5, 0.6) is 0 Å². The molecule has 1 aliphatic rings. The summed E-state index contributed by atoms with van der Waals surface area (Å²) in [7, 11) is 3.90. The van der Waals surface area contributed by atoms with Crippen molar-refractivity contribution in [1.29, 1.82) is 0 Å². The minimum Gasteiger partial charge on any atom is -0.370 e. The molecular formula is C13H18BrN5O. The lowest BCUT2D eigenvalue weighted by atomic mass is 10.1. The molecule has 7 heteroatoms. The maximum atomic E-state index is 5.86. The van der Waals surface area contributed by atoms with Crippen molar-refractivity contribution in [3.8, 4) is 0 Å². The van der Waals surface area contributed by atoms with Gasteiger partial charge in [-0.2, -0.15) is 10.2 Å². The summed E-state index contributed by atoms with van der Waals surface area (Å²) in [5.41, 5.74) is 2.25. The van der Waals surface area contributed by atoms with Gasteiger partial charge in [0.1, 0.15) is 6.10 Å². The van der Waals surface area contributed by atoms with E-state index in [1.165, 1.54) is 0 Å². The van der Waals surface area contributed by atoms with Crippen LogP contribution in [0.4, 0.5) is 0 Å². The van der Waals surface area contributed by atoms with E-state index in [9.17, 15) is 0 Å². The highest BCUT2D eigenvalue weighted by molar-refractivity contribution is 9.10. The van der Waals surface area contributed by atoms with Crippen LogP contribution in [0.1, 0.15) is 23.9 Å². The van der Waals surface area contributed by atoms with E-state index in [1.54, 1.807) is 0 Å². The van der Waals surface area contributed by atoms with Gasteiger partial charge in [-0.15, -0.1) is 0 Å². The topological polar surface area (TPSA) is 56.9 Å². The molecule has 3 rings (SSSR count). The second kappa shape index (κ2) is 5.67. The van der Waals surface area contributed by atoms with Gasteiger partial charge in [0.05, 0.1) is 22.1 Å². The number of hydrogen-bond donors (Lipinski definition) is 1. The van der Waals surface area contributed by atoms with Crippen molar-refractivity contribution in [2.45, 2.75) is 25.1 Å². The molecule has 2 atom stereocenters. The predicted molar refractivity (Wildman–Crippen MR) is 78.1 cm³/mol. The van der Waals surface area contributed by atoms with Gasteiger partial charge in [0.15, 0.2) is 0 Å². The molecule has 2 aromatic rings. The van der Waals surface area contributed by atoms with Crippen molar-refractivity contribution in [1.82, 2.24) is 24.9 Å². The standard InChI is InChI=1S/C13H18BrN5O/c1-18-11(3-5-16-18)13-10(4-6-20-13)15-8-12-9(14)7-17-19(12)2/h3,5,7,10,13,15H,4,6,8H2,1-2H3/t10-,13-/m0/s1. The fraction of sp³-hybridized carbons (Fsp3) is 0.538. The number of ether oxygens (including phenoxy) is 1. The fourth-order valence-electron chi connectivity index (χ4n) is 2.62. The molecule has 1 N–H and O–H groups in total. The highest BCUT2D eigenvalue weighted by Crippen LogP contribution is 2.29. The minimum atomic E-state index is 0.0644. The van der Waals surface area contributed by atoms with E-state index >= 15 is 0 Å². The quantitative estimate of drug-likeness (QED) is 0.917. The summed E-state index contributed by atoms with van der Waals surface area (Å²) in [5, 5.41) is 12.0. The zero-order valence-electron chi connectivity index (χ0n) is 11.6. The molecule has 20 heavy (non-hydrogen) atoms. The molecule has 0 unspecified atom stereocenters. The van der Waals surface area contributed by atoms with Gasteiger partial charge in [0.2, 0.25) is 0 Å². The van der Waals surface area contributed by atoms with Crippen molar-refractivity contribution >= 4 is 15.9 Å². The van der Waals surface area contributed by atoms with Gasteiger partial charge in [0, 0.05) is 39.5 Å². The summed E-state index contributed by atoms with van der Waals surface area (Å²) in [6, 6.07) is 2.32. The third-order valence-electron chi connectivity index (χ3n) is 3.78. The molecule has 0 bridgehead atoms. The highest BCUT2D eigenvalue weighted by atomic mass is 79.9. The molecular weight excluding hydrogens is 322 g/mol. The number of aromatic nitrogens is 4. The van der Waals surface area contributed by atoms with E-state index in [0.717, 1.165) is 35.4 Å². The van der Waals surface area contributed by atoms with Crippen LogP contribution in [0.25, 0.3) is 0 Å². The van der Waals surface area contributed by atoms with E-state index in [0.29, 0.717) is 6.04 Å². The molecule has 3 heterocycles. The molecule has 2 aromatic heterocycles. The lowest BCUT2D eigenvalue weighted by Gasteiger charge is -2.20. The number of halogens is 1. The SMILES string of the molecule is Cn1nccc1[C@H]1OCC[C@@H]1NCc1c(Br)cnn1C. The third kappa shape index (κ3) is 2.53. The fourth-order valence-corrected chi connectivity index (χ4v) is 3.10. The maximum Gasteiger partial charge on any atom is 0.114 e. The average Bonchev–Trinajstić information content (AvgIpc) is 3.10. The Morgan fingerprint density at radius 3 is 2.90 bits per heavy atom. The molecule has 0 aromatic carbocycles. The second-order valence-corrected chi connectivity index (χ2v) is 5.86. The zero-order chi connectivity index (χ0) is 14.1. The first-order valence-corrected chi connectivity index (χ1v) is 7.45. The van der Waals surface area contributed by atoms with E-state index in [2.05, 4.69) is 31.4 Å². The zero-order valence-corrected chi connectivity index (χ0v) is 13.2. The summed E-state index contributed by atoms with van der Waals surface area (Å²) in [6.07, 6.45) is 4.70. The van der Waals surface area contributed by atoms with Crippen LogP contribution >= 0.6 is 15.9 Å². The smallest absolute Gasteiger partial charge is 0.114 e. The van der Waals surface area contributed by atoms with Crippen LogP contribution in [-0.2, 0) is 25.4 Å². The van der Waals surface area contributed by atoms with E-state index in [4.69, 9.17) is 4.74 Å². The normalized spacial score (nSPS) is 22.6. The first-order valence-electron chi connectivity index (χ1n) is 6.66. The predicted octanol–water partition coefficient (Wildman–Crippen LogP) is 1.54. The van der Waals surface area contributed by atoms with E-state index in [1.807, 2.05) is 41.9 Å². The number of hydrogen-bond acceptors (Lipinski definition) is 4. The molecule has 0 radical (unpaired) electrons. The Morgan fingerprint density at radius 2 is 2.25 bits per heavy atom. The van der Waals surface area contributed by atoms with Crippen molar-refractivity contribution in [3.63, 3.8) is 0 Å². The molecule has 1 fully saturated rings. The number of rotatable bonds is 4.